The fourth-order valence-corrected chi connectivity index (χ4v) is 1.69. The molecule has 0 unspecified atom stereocenters. The van der Waals surface area contributed by atoms with Gasteiger partial charge in [-0.3, -0.25) is 4.79 Å². The van der Waals surface area contributed by atoms with E-state index in [-0.39, 0.29) is 11.6 Å². The molecule has 2 heteroatoms. The summed E-state index contributed by atoms with van der Waals surface area (Å²) in [7, 11) is 0. The van der Waals surface area contributed by atoms with Crippen molar-refractivity contribution in [2.75, 3.05) is 0 Å². The van der Waals surface area contributed by atoms with Crippen molar-refractivity contribution < 1.29 is 9.18 Å². The van der Waals surface area contributed by atoms with Gasteiger partial charge in [-0.1, -0.05) is 18.2 Å². The molecule has 0 spiro atoms. The van der Waals surface area contributed by atoms with E-state index >= 15 is 0 Å². The van der Waals surface area contributed by atoms with Crippen molar-refractivity contribution in [2.45, 2.75) is 19.3 Å². The third-order valence-corrected chi connectivity index (χ3v) is 2.42. The molecule has 1 aliphatic rings. The smallest absolute Gasteiger partial charge is 0.188 e. The zero-order valence-corrected chi connectivity index (χ0v) is 7.79. The molecule has 0 saturated heterocycles. The highest BCUT2D eigenvalue weighted by Gasteiger charge is 2.15. The largest absolute Gasteiger partial charge is 0.289 e. The van der Waals surface area contributed by atoms with Gasteiger partial charge in [0, 0.05) is 5.56 Å². The average molecular weight is 190 g/mol. The first-order valence-corrected chi connectivity index (χ1v) is 4.76. The van der Waals surface area contributed by atoms with Gasteiger partial charge in [-0.25, -0.2) is 4.39 Å². The lowest BCUT2D eigenvalue weighted by Crippen LogP contribution is -2.01. The van der Waals surface area contributed by atoms with E-state index in [0.717, 1.165) is 24.8 Å². The standard InChI is InChI=1S/C12H11FO/c13-11-7-3-6-10(8-11)12(14)9-4-1-2-5-9/h3-4,6-8H,1-2,5H2. The maximum Gasteiger partial charge on any atom is 0.188 e. The lowest BCUT2D eigenvalue weighted by molar-refractivity contribution is 0.103. The van der Waals surface area contributed by atoms with Gasteiger partial charge >= 0.3 is 0 Å². The molecule has 1 nitrogen and oxygen atoms in total. The van der Waals surface area contributed by atoms with Gasteiger partial charge in [-0.05, 0) is 37.0 Å². The molecule has 0 bridgehead atoms. The maximum atomic E-state index is 12.8. The molecule has 0 N–H and O–H groups in total. The maximum absolute atomic E-state index is 12.8. The minimum absolute atomic E-state index is 0.0259. The molecule has 14 heavy (non-hydrogen) atoms. The number of rotatable bonds is 2. The van der Waals surface area contributed by atoms with Crippen LogP contribution in [0.2, 0.25) is 0 Å². The first kappa shape index (κ1) is 9.13. The van der Waals surface area contributed by atoms with Crippen LogP contribution in [0.4, 0.5) is 4.39 Å². The highest BCUT2D eigenvalue weighted by Crippen LogP contribution is 2.21. The molecule has 0 radical (unpaired) electrons. The van der Waals surface area contributed by atoms with Gasteiger partial charge in [0.05, 0.1) is 0 Å². The minimum Gasteiger partial charge on any atom is -0.289 e. The third kappa shape index (κ3) is 1.74. The van der Waals surface area contributed by atoms with Gasteiger partial charge < -0.3 is 0 Å². The summed E-state index contributed by atoms with van der Waals surface area (Å²) in [5.41, 5.74) is 1.29. The van der Waals surface area contributed by atoms with Crippen LogP contribution in [-0.2, 0) is 0 Å². The zero-order chi connectivity index (χ0) is 9.97. The molecule has 0 aromatic heterocycles. The van der Waals surface area contributed by atoms with E-state index in [9.17, 15) is 9.18 Å². The molecule has 0 saturated carbocycles. The average Bonchev–Trinajstić information content (AvgIpc) is 2.69. The molecule has 0 aliphatic heterocycles. The van der Waals surface area contributed by atoms with Crippen LogP contribution in [0.1, 0.15) is 29.6 Å². The Kier molecular flexibility index (Phi) is 2.44. The Labute approximate surface area is 82.3 Å². The van der Waals surface area contributed by atoms with E-state index < -0.39 is 0 Å². The van der Waals surface area contributed by atoms with E-state index in [0.29, 0.717) is 5.56 Å². The Hall–Kier alpha value is -1.44. The second-order valence-electron chi connectivity index (χ2n) is 3.46. The summed E-state index contributed by atoms with van der Waals surface area (Å²) in [6.45, 7) is 0. The second-order valence-corrected chi connectivity index (χ2v) is 3.46. The van der Waals surface area contributed by atoms with Crippen LogP contribution in [0.15, 0.2) is 35.9 Å². The van der Waals surface area contributed by atoms with Gasteiger partial charge in [0.25, 0.3) is 0 Å². The van der Waals surface area contributed by atoms with Gasteiger partial charge in [0.1, 0.15) is 5.82 Å². The monoisotopic (exact) mass is 190 g/mol. The van der Waals surface area contributed by atoms with Crippen molar-refractivity contribution in [2.24, 2.45) is 0 Å². The number of hydrogen-bond acceptors (Lipinski definition) is 1. The first-order chi connectivity index (χ1) is 6.77. The number of carbonyl (C=O) groups excluding carboxylic acids is 1. The number of carbonyl (C=O) groups is 1. The van der Waals surface area contributed by atoms with Crippen molar-refractivity contribution in [3.05, 3.63) is 47.3 Å². The lowest BCUT2D eigenvalue weighted by Gasteiger charge is -2.00. The van der Waals surface area contributed by atoms with E-state index in [1.54, 1.807) is 12.1 Å². The van der Waals surface area contributed by atoms with Crippen molar-refractivity contribution in [3.8, 4) is 0 Å². The molecule has 0 amide bonds. The molecule has 0 atom stereocenters. The molecule has 2 rings (SSSR count). The first-order valence-electron chi connectivity index (χ1n) is 4.76. The molecule has 72 valence electrons. The van der Waals surface area contributed by atoms with E-state index in [1.165, 1.54) is 12.1 Å². The Balaban J connectivity index is 2.27. The van der Waals surface area contributed by atoms with Gasteiger partial charge in [0.2, 0.25) is 0 Å². The molecule has 1 aliphatic carbocycles. The van der Waals surface area contributed by atoms with Crippen LogP contribution in [-0.4, -0.2) is 5.78 Å². The zero-order valence-electron chi connectivity index (χ0n) is 7.79. The van der Waals surface area contributed by atoms with Crippen molar-refractivity contribution >= 4 is 5.78 Å². The minimum atomic E-state index is -0.352. The van der Waals surface area contributed by atoms with Crippen LogP contribution < -0.4 is 0 Å². The number of ketones is 1. The summed E-state index contributed by atoms with van der Waals surface area (Å²) in [5.74, 6) is -0.378. The Morgan fingerprint density at radius 1 is 1.36 bits per heavy atom. The molecular formula is C12H11FO. The molecule has 1 aromatic carbocycles. The van der Waals surface area contributed by atoms with Crippen LogP contribution in [0.25, 0.3) is 0 Å². The molecule has 0 fully saturated rings. The van der Waals surface area contributed by atoms with Crippen LogP contribution in [0.3, 0.4) is 0 Å². The Morgan fingerprint density at radius 2 is 2.21 bits per heavy atom. The van der Waals surface area contributed by atoms with Crippen molar-refractivity contribution in [1.82, 2.24) is 0 Å². The van der Waals surface area contributed by atoms with Crippen LogP contribution in [0, 0.1) is 5.82 Å². The Morgan fingerprint density at radius 3 is 2.86 bits per heavy atom. The lowest BCUT2D eigenvalue weighted by atomic mass is 10.0. The van der Waals surface area contributed by atoms with E-state index in [1.807, 2.05) is 6.08 Å². The van der Waals surface area contributed by atoms with Gasteiger partial charge in [-0.2, -0.15) is 0 Å². The summed E-state index contributed by atoms with van der Waals surface area (Å²) >= 11 is 0. The molecule has 0 heterocycles. The van der Waals surface area contributed by atoms with Gasteiger partial charge in [0.15, 0.2) is 5.78 Å². The fraction of sp³-hybridized carbons (Fsp3) is 0.250. The number of halogens is 1. The number of allylic oxidation sites excluding steroid dienone is 2. The SMILES string of the molecule is O=C(C1=CCCC1)c1cccc(F)c1. The predicted molar refractivity (Wildman–Crippen MR) is 52.7 cm³/mol. The summed E-state index contributed by atoms with van der Waals surface area (Å²) in [6.07, 6.45) is 4.79. The summed E-state index contributed by atoms with van der Waals surface area (Å²) in [6, 6.07) is 5.87. The van der Waals surface area contributed by atoms with Crippen LogP contribution in [0.5, 0.6) is 0 Å². The highest BCUT2D eigenvalue weighted by molar-refractivity contribution is 6.08. The van der Waals surface area contributed by atoms with Crippen molar-refractivity contribution in [3.63, 3.8) is 0 Å². The summed E-state index contributed by atoms with van der Waals surface area (Å²) in [5, 5.41) is 0. The number of benzene rings is 1. The predicted octanol–water partition coefficient (Wildman–Crippen LogP) is 3.12. The second kappa shape index (κ2) is 3.74. The topological polar surface area (TPSA) is 17.1 Å². The van der Waals surface area contributed by atoms with Crippen molar-refractivity contribution in [1.29, 1.82) is 0 Å². The molecular weight excluding hydrogens is 179 g/mol. The highest BCUT2D eigenvalue weighted by atomic mass is 19.1. The van der Waals surface area contributed by atoms with Gasteiger partial charge in [-0.15, -0.1) is 0 Å². The number of Topliss-reactive ketones (excluding diaryl/α,β-unsaturated/α-hetero) is 1. The fourth-order valence-electron chi connectivity index (χ4n) is 1.69. The number of hydrogen-bond donors (Lipinski definition) is 0. The van der Waals surface area contributed by atoms with E-state index in [2.05, 4.69) is 0 Å². The Bertz CT molecular complexity index is 393. The van der Waals surface area contributed by atoms with E-state index in [4.69, 9.17) is 0 Å². The molecule has 1 aromatic rings. The quantitative estimate of drug-likeness (QED) is 0.655. The normalized spacial score (nSPS) is 15.4. The van der Waals surface area contributed by atoms with Crippen LogP contribution >= 0.6 is 0 Å². The third-order valence-electron chi connectivity index (χ3n) is 2.42. The summed E-state index contributed by atoms with van der Waals surface area (Å²) in [4.78, 5) is 11.8. The summed E-state index contributed by atoms with van der Waals surface area (Å²) < 4.78 is 12.8.